The van der Waals surface area contributed by atoms with Crippen molar-refractivity contribution in [3.8, 4) is 11.1 Å². The van der Waals surface area contributed by atoms with Crippen LogP contribution in [0.25, 0.3) is 22.1 Å². The lowest BCUT2D eigenvalue weighted by Crippen LogP contribution is -2.37. The van der Waals surface area contributed by atoms with Crippen LogP contribution in [0.2, 0.25) is 10.0 Å². The molecule has 0 saturated carbocycles. The van der Waals surface area contributed by atoms with Gasteiger partial charge in [0, 0.05) is 42.2 Å². The number of rotatable bonds is 2. The lowest BCUT2D eigenvalue weighted by atomic mass is 9.98. The van der Waals surface area contributed by atoms with E-state index in [0.717, 1.165) is 27.8 Å². The predicted octanol–water partition coefficient (Wildman–Crippen LogP) is 3.01. The monoisotopic (exact) mass is 365 g/mol. The van der Waals surface area contributed by atoms with Gasteiger partial charge in [0.05, 0.1) is 11.2 Å². The lowest BCUT2D eigenvalue weighted by molar-refractivity contribution is -0.135. The number of fused-ring (bicyclic) bond motifs is 3. The summed E-state index contributed by atoms with van der Waals surface area (Å²) in [6.45, 7) is 0.357. The Bertz CT molecular complexity index is 934. The van der Waals surface area contributed by atoms with Crippen molar-refractivity contribution in [2.24, 2.45) is 0 Å². The van der Waals surface area contributed by atoms with Crippen LogP contribution in [-0.4, -0.2) is 39.3 Å². The minimum atomic E-state index is -0.508. The van der Waals surface area contributed by atoms with E-state index in [-0.39, 0.29) is 5.91 Å². The minimum Gasteiger partial charge on any atom is -0.459 e. The zero-order valence-electron chi connectivity index (χ0n) is 12.5. The molecule has 0 spiro atoms. The van der Waals surface area contributed by atoms with Gasteiger partial charge in [-0.3, -0.25) is 9.89 Å². The van der Waals surface area contributed by atoms with Crippen LogP contribution in [0.4, 0.5) is 0 Å². The van der Waals surface area contributed by atoms with E-state index in [1.165, 1.54) is 0 Å². The van der Waals surface area contributed by atoms with Crippen molar-refractivity contribution in [1.82, 2.24) is 15.1 Å². The molecule has 0 bridgehead atoms. The molecule has 24 heavy (non-hydrogen) atoms. The molecule has 1 aliphatic rings. The van der Waals surface area contributed by atoms with E-state index in [2.05, 4.69) is 10.2 Å². The van der Waals surface area contributed by atoms with Crippen LogP contribution in [0.1, 0.15) is 11.3 Å². The first kappa shape index (κ1) is 15.5. The summed E-state index contributed by atoms with van der Waals surface area (Å²) >= 11 is 12.6. The van der Waals surface area contributed by atoms with Gasteiger partial charge in [-0.1, -0.05) is 23.2 Å². The first-order chi connectivity index (χ1) is 11.6. The fraction of sp³-hybridized carbons (Fsp3) is 0.250. The molecule has 6 nitrogen and oxygen atoms in total. The molecular weight excluding hydrogens is 353 g/mol. The highest BCUT2D eigenvalue weighted by Gasteiger charge is 2.28. The Labute approximate surface area is 147 Å². The summed E-state index contributed by atoms with van der Waals surface area (Å²) in [7, 11) is 0. The Kier molecular flexibility index (Phi) is 3.75. The second-order valence-corrected chi connectivity index (χ2v) is 6.42. The van der Waals surface area contributed by atoms with E-state index in [9.17, 15) is 4.79 Å². The van der Waals surface area contributed by atoms with Crippen LogP contribution >= 0.6 is 23.2 Å². The van der Waals surface area contributed by atoms with Gasteiger partial charge in [0.25, 0.3) is 0 Å². The first-order valence-corrected chi connectivity index (χ1v) is 8.15. The zero-order valence-corrected chi connectivity index (χ0v) is 14.0. The summed E-state index contributed by atoms with van der Waals surface area (Å²) in [6, 6.07) is 1.78. The van der Waals surface area contributed by atoms with E-state index in [0.29, 0.717) is 35.1 Å². The van der Waals surface area contributed by atoms with Gasteiger partial charge in [-0.2, -0.15) is 5.10 Å². The van der Waals surface area contributed by atoms with Crippen LogP contribution in [0.5, 0.6) is 0 Å². The van der Waals surface area contributed by atoms with Gasteiger partial charge in [-0.15, -0.1) is 0 Å². The first-order valence-electron chi connectivity index (χ1n) is 7.40. The molecular formula is C16H13Cl2N3O3. The fourth-order valence-corrected chi connectivity index (χ4v) is 3.52. The van der Waals surface area contributed by atoms with E-state index in [1.807, 2.05) is 0 Å². The number of aromatic nitrogens is 2. The number of furan rings is 1. The Morgan fingerprint density at radius 3 is 3.00 bits per heavy atom. The van der Waals surface area contributed by atoms with Crippen molar-refractivity contribution < 1.29 is 14.3 Å². The summed E-state index contributed by atoms with van der Waals surface area (Å²) < 4.78 is 5.96. The van der Waals surface area contributed by atoms with Gasteiger partial charge >= 0.3 is 0 Å². The van der Waals surface area contributed by atoms with Gasteiger partial charge in [0.1, 0.15) is 17.4 Å². The normalized spacial score (nSPS) is 14.2. The average Bonchev–Trinajstić information content (AvgIpc) is 3.24. The highest BCUT2D eigenvalue weighted by Crippen LogP contribution is 2.43. The third-order valence-corrected chi connectivity index (χ3v) is 5.07. The SMILES string of the molecule is O=C(CO)N1CCc2oc3c(Cl)c(Cl)cc(-c4cn[nH]c4)c3c2C1. The Hall–Kier alpha value is -2.02. The highest BCUT2D eigenvalue weighted by atomic mass is 35.5. The standard InChI is InChI=1S/C16H13Cl2N3O3/c17-11-3-9(8-4-19-20-5-8)14-10-6-21(13(23)7-22)2-1-12(10)24-16(14)15(11)18/h3-5,22H,1-2,6-7H2,(H,19,20). The van der Waals surface area contributed by atoms with Crippen molar-refractivity contribution in [3.63, 3.8) is 0 Å². The third kappa shape index (κ3) is 2.30. The molecule has 1 amide bonds. The second kappa shape index (κ2) is 5.81. The van der Waals surface area contributed by atoms with Gasteiger partial charge in [0.2, 0.25) is 5.91 Å². The summed E-state index contributed by atoms with van der Waals surface area (Å²) in [5, 5.41) is 17.5. The maximum atomic E-state index is 11.9. The Balaban J connectivity index is 1.96. The summed E-state index contributed by atoms with van der Waals surface area (Å²) in [5.74, 6) is 0.487. The number of aliphatic hydroxyl groups is 1. The third-order valence-electron chi connectivity index (χ3n) is 4.30. The Morgan fingerprint density at radius 2 is 2.29 bits per heavy atom. The number of amides is 1. The number of hydrogen-bond acceptors (Lipinski definition) is 4. The molecule has 0 atom stereocenters. The molecule has 3 aromatic rings. The topological polar surface area (TPSA) is 82.4 Å². The number of nitrogens with zero attached hydrogens (tertiary/aromatic N) is 2. The van der Waals surface area contributed by atoms with Gasteiger partial charge < -0.3 is 14.4 Å². The summed E-state index contributed by atoms with van der Waals surface area (Å²) in [5.41, 5.74) is 3.11. The molecule has 0 saturated heterocycles. The molecule has 3 heterocycles. The number of halogens is 2. The van der Waals surface area contributed by atoms with Gasteiger partial charge in [0.15, 0.2) is 5.58 Å². The van der Waals surface area contributed by atoms with E-state index >= 15 is 0 Å². The maximum Gasteiger partial charge on any atom is 0.248 e. The highest BCUT2D eigenvalue weighted by molar-refractivity contribution is 6.45. The molecule has 0 aliphatic carbocycles. The largest absolute Gasteiger partial charge is 0.459 e. The molecule has 2 aromatic heterocycles. The predicted molar refractivity (Wildman–Crippen MR) is 90.0 cm³/mol. The number of H-pyrrole nitrogens is 1. The molecule has 1 aliphatic heterocycles. The van der Waals surface area contributed by atoms with Crippen LogP contribution in [-0.2, 0) is 17.8 Å². The lowest BCUT2D eigenvalue weighted by Gasteiger charge is -2.25. The van der Waals surface area contributed by atoms with Crippen molar-refractivity contribution in [1.29, 1.82) is 0 Å². The molecule has 1 aromatic carbocycles. The average molecular weight is 366 g/mol. The van der Waals surface area contributed by atoms with Crippen LogP contribution in [0.15, 0.2) is 22.9 Å². The van der Waals surface area contributed by atoms with Gasteiger partial charge in [-0.05, 0) is 11.6 Å². The van der Waals surface area contributed by atoms with Crippen LogP contribution in [0.3, 0.4) is 0 Å². The molecule has 2 N–H and O–H groups in total. The molecule has 4 rings (SSSR count). The molecule has 0 fully saturated rings. The number of hydrogen-bond donors (Lipinski definition) is 2. The second-order valence-electron chi connectivity index (χ2n) is 5.64. The van der Waals surface area contributed by atoms with Crippen LogP contribution in [0, 0.1) is 0 Å². The fourth-order valence-electron chi connectivity index (χ4n) is 3.14. The number of nitrogens with one attached hydrogen (secondary N) is 1. The number of carbonyl (C=O) groups excluding carboxylic acids is 1. The van der Waals surface area contributed by atoms with E-state index in [1.54, 1.807) is 23.4 Å². The van der Waals surface area contributed by atoms with Crippen LogP contribution < -0.4 is 0 Å². The number of aromatic amines is 1. The minimum absolute atomic E-state index is 0.306. The summed E-state index contributed by atoms with van der Waals surface area (Å²) in [6.07, 6.45) is 4.02. The van der Waals surface area contributed by atoms with Crippen molar-refractivity contribution >= 4 is 40.1 Å². The zero-order chi connectivity index (χ0) is 16.8. The molecule has 0 radical (unpaired) electrons. The maximum absolute atomic E-state index is 11.9. The number of benzene rings is 1. The molecule has 8 heteroatoms. The smallest absolute Gasteiger partial charge is 0.248 e. The Morgan fingerprint density at radius 1 is 1.46 bits per heavy atom. The quantitative estimate of drug-likeness (QED) is 0.731. The summed E-state index contributed by atoms with van der Waals surface area (Å²) in [4.78, 5) is 13.5. The van der Waals surface area contributed by atoms with E-state index < -0.39 is 6.61 Å². The molecule has 124 valence electrons. The van der Waals surface area contributed by atoms with Crippen molar-refractivity contribution in [2.45, 2.75) is 13.0 Å². The number of aliphatic hydroxyl groups excluding tert-OH is 1. The van der Waals surface area contributed by atoms with Crippen molar-refractivity contribution in [2.75, 3.05) is 13.2 Å². The van der Waals surface area contributed by atoms with E-state index in [4.69, 9.17) is 32.7 Å². The van der Waals surface area contributed by atoms with Crippen molar-refractivity contribution in [3.05, 3.63) is 39.8 Å². The number of carbonyl (C=O) groups is 1. The van der Waals surface area contributed by atoms with Gasteiger partial charge in [-0.25, -0.2) is 0 Å². The molecule has 0 unspecified atom stereocenters.